The molecule has 5 nitrogen and oxygen atoms in total. The molecule has 9 heteroatoms. The molecule has 3 aromatic rings. The molecule has 0 aliphatic rings. The monoisotopic (exact) mass is 448 g/mol. The molecule has 0 atom stereocenters. The Morgan fingerprint density at radius 3 is 2.82 bits per heavy atom. The van der Waals surface area contributed by atoms with Crippen molar-refractivity contribution in [1.29, 1.82) is 5.26 Å². The standard InChI is InChI=1S/C19H14Cl2N4OS2/c1-11-2-3-13(9-22)18(23-11)27-7-6-17(26)25-19-24-16(10-28-19)12-4-5-14(20)15(21)8-12/h2-5,8,10H,6-7H2,1H3,(H,24,25,26). The van der Waals surface area contributed by atoms with Crippen molar-refractivity contribution in [1.82, 2.24) is 9.97 Å². The van der Waals surface area contributed by atoms with Crippen LogP contribution in [0.25, 0.3) is 11.3 Å². The fraction of sp³-hybridized carbons (Fsp3) is 0.158. The van der Waals surface area contributed by atoms with E-state index in [0.717, 1.165) is 17.0 Å². The first kappa shape index (κ1) is 20.6. The Hall–Kier alpha value is -2.11. The number of carbonyl (C=O) groups excluding carboxylic acids is 1. The van der Waals surface area contributed by atoms with Gasteiger partial charge < -0.3 is 5.32 Å². The number of hydrogen-bond donors (Lipinski definition) is 1. The summed E-state index contributed by atoms with van der Waals surface area (Å²) in [4.78, 5) is 21.0. The number of anilines is 1. The zero-order valence-electron chi connectivity index (χ0n) is 14.7. The first-order chi connectivity index (χ1) is 13.5. The maximum absolute atomic E-state index is 12.2. The topological polar surface area (TPSA) is 78.7 Å². The fourth-order valence-electron chi connectivity index (χ4n) is 2.27. The lowest BCUT2D eigenvalue weighted by Gasteiger charge is -2.04. The summed E-state index contributed by atoms with van der Waals surface area (Å²) in [5, 5.41) is 15.9. The van der Waals surface area contributed by atoms with Gasteiger partial charge in [-0.3, -0.25) is 4.79 Å². The SMILES string of the molecule is Cc1ccc(C#N)c(SCCC(=O)Nc2nc(-c3ccc(Cl)c(Cl)c3)cs2)n1. The summed E-state index contributed by atoms with van der Waals surface area (Å²) in [6, 6.07) is 10.9. The van der Waals surface area contributed by atoms with E-state index in [1.807, 2.05) is 18.4 Å². The number of thiazole rings is 1. The molecule has 0 saturated heterocycles. The molecule has 2 aromatic heterocycles. The van der Waals surface area contributed by atoms with Crippen LogP contribution in [-0.4, -0.2) is 21.6 Å². The summed E-state index contributed by atoms with van der Waals surface area (Å²) in [6.07, 6.45) is 0.285. The molecule has 0 spiro atoms. The molecule has 0 saturated carbocycles. The van der Waals surface area contributed by atoms with Gasteiger partial charge in [0.25, 0.3) is 0 Å². The zero-order chi connectivity index (χ0) is 20.1. The second-order valence-electron chi connectivity index (χ2n) is 5.73. The Morgan fingerprint density at radius 2 is 2.07 bits per heavy atom. The Balaban J connectivity index is 1.56. The van der Waals surface area contributed by atoms with Gasteiger partial charge in [0.2, 0.25) is 5.91 Å². The lowest BCUT2D eigenvalue weighted by Crippen LogP contribution is -2.12. The highest BCUT2D eigenvalue weighted by Gasteiger charge is 2.11. The summed E-state index contributed by atoms with van der Waals surface area (Å²) >= 11 is 14.7. The molecule has 0 aliphatic heterocycles. The molecular formula is C19H14Cl2N4OS2. The number of aryl methyl sites for hydroxylation is 1. The molecule has 0 radical (unpaired) electrons. The van der Waals surface area contributed by atoms with Gasteiger partial charge >= 0.3 is 0 Å². The third-order valence-corrected chi connectivity index (χ3v) is 6.14. The number of rotatable bonds is 6. The van der Waals surface area contributed by atoms with Crippen molar-refractivity contribution in [3.05, 3.63) is 57.0 Å². The van der Waals surface area contributed by atoms with E-state index in [1.54, 1.807) is 24.3 Å². The van der Waals surface area contributed by atoms with Gasteiger partial charge in [-0.1, -0.05) is 29.3 Å². The van der Waals surface area contributed by atoms with E-state index in [0.29, 0.717) is 31.5 Å². The first-order valence-electron chi connectivity index (χ1n) is 8.17. The number of halogens is 2. The van der Waals surface area contributed by atoms with Crippen LogP contribution in [0.1, 0.15) is 17.7 Å². The molecule has 0 aliphatic carbocycles. The van der Waals surface area contributed by atoms with Gasteiger partial charge in [0, 0.05) is 28.8 Å². The summed E-state index contributed by atoms with van der Waals surface area (Å²) in [7, 11) is 0. The molecule has 142 valence electrons. The third-order valence-electron chi connectivity index (χ3n) is 3.65. The quantitative estimate of drug-likeness (QED) is 0.481. The molecule has 28 heavy (non-hydrogen) atoms. The molecule has 1 N–H and O–H groups in total. The molecular weight excluding hydrogens is 435 g/mol. The van der Waals surface area contributed by atoms with Crippen LogP contribution in [0, 0.1) is 18.3 Å². The highest BCUT2D eigenvalue weighted by atomic mass is 35.5. The van der Waals surface area contributed by atoms with Gasteiger partial charge in [-0.15, -0.1) is 23.1 Å². The summed E-state index contributed by atoms with van der Waals surface area (Å²) < 4.78 is 0. The highest BCUT2D eigenvalue weighted by Crippen LogP contribution is 2.30. The largest absolute Gasteiger partial charge is 0.302 e. The number of benzene rings is 1. The second kappa shape index (κ2) is 9.39. The molecule has 0 bridgehead atoms. The van der Waals surface area contributed by atoms with E-state index >= 15 is 0 Å². The van der Waals surface area contributed by atoms with Crippen molar-refractivity contribution in [2.75, 3.05) is 11.1 Å². The minimum Gasteiger partial charge on any atom is -0.302 e. The summed E-state index contributed by atoms with van der Waals surface area (Å²) in [6.45, 7) is 1.87. The zero-order valence-corrected chi connectivity index (χ0v) is 17.8. The van der Waals surface area contributed by atoms with E-state index in [2.05, 4.69) is 21.4 Å². The molecule has 1 aromatic carbocycles. The number of thioether (sulfide) groups is 1. The maximum atomic E-state index is 12.2. The molecule has 0 unspecified atom stereocenters. The Labute approximate surface area is 180 Å². The average Bonchev–Trinajstić information content (AvgIpc) is 3.12. The van der Waals surface area contributed by atoms with Crippen LogP contribution < -0.4 is 5.32 Å². The van der Waals surface area contributed by atoms with Gasteiger partial charge in [0.15, 0.2) is 5.13 Å². The van der Waals surface area contributed by atoms with E-state index in [4.69, 9.17) is 28.5 Å². The van der Waals surface area contributed by atoms with Gasteiger partial charge in [-0.25, -0.2) is 9.97 Å². The van der Waals surface area contributed by atoms with Crippen LogP contribution in [-0.2, 0) is 4.79 Å². The van der Waals surface area contributed by atoms with Crippen LogP contribution in [0.3, 0.4) is 0 Å². The number of pyridine rings is 1. The minimum atomic E-state index is -0.145. The van der Waals surface area contributed by atoms with Gasteiger partial charge in [0.05, 0.1) is 21.3 Å². The number of amides is 1. The Morgan fingerprint density at radius 1 is 1.25 bits per heavy atom. The van der Waals surface area contributed by atoms with E-state index in [1.165, 1.54) is 23.1 Å². The van der Waals surface area contributed by atoms with E-state index < -0.39 is 0 Å². The van der Waals surface area contributed by atoms with Gasteiger partial charge in [-0.05, 0) is 31.2 Å². The van der Waals surface area contributed by atoms with Crippen LogP contribution in [0.4, 0.5) is 5.13 Å². The normalized spacial score (nSPS) is 10.5. The number of carbonyl (C=O) groups is 1. The third kappa shape index (κ3) is 5.24. The van der Waals surface area contributed by atoms with Crippen LogP contribution in [0.5, 0.6) is 0 Å². The number of aromatic nitrogens is 2. The highest BCUT2D eigenvalue weighted by molar-refractivity contribution is 7.99. The van der Waals surface area contributed by atoms with Crippen molar-refractivity contribution in [3.63, 3.8) is 0 Å². The predicted octanol–water partition coefficient (Wildman–Crippen LogP) is 5.81. The van der Waals surface area contributed by atoms with Gasteiger partial charge in [0.1, 0.15) is 11.1 Å². The lowest BCUT2D eigenvalue weighted by atomic mass is 10.2. The summed E-state index contributed by atoms with van der Waals surface area (Å²) in [5.74, 6) is 0.371. The van der Waals surface area contributed by atoms with E-state index in [9.17, 15) is 4.79 Å². The minimum absolute atomic E-state index is 0.145. The van der Waals surface area contributed by atoms with Crippen LogP contribution >= 0.6 is 46.3 Å². The second-order valence-corrected chi connectivity index (χ2v) is 8.49. The Bertz CT molecular complexity index is 1060. The predicted molar refractivity (Wildman–Crippen MR) is 115 cm³/mol. The molecule has 0 fully saturated rings. The van der Waals surface area contributed by atoms with Crippen LogP contribution in [0.15, 0.2) is 40.7 Å². The Kier molecular flexibility index (Phi) is 6.92. The van der Waals surface area contributed by atoms with E-state index in [-0.39, 0.29) is 12.3 Å². The van der Waals surface area contributed by atoms with Crippen molar-refractivity contribution in [2.45, 2.75) is 18.4 Å². The number of nitrogens with zero attached hydrogens (tertiary/aromatic N) is 3. The maximum Gasteiger partial charge on any atom is 0.226 e. The molecule has 1 amide bonds. The average molecular weight is 449 g/mol. The van der Waals surface area contributed by atoms with Crippen LogP contribution in [0.2, 0.25) is 10.0 Å². The number of nitriles is 1. The number of hydrogen-bond acceptors (Lipinski definition) is 6. The van der Waals surface area contributed by atoms with Gasteiger partial charge in [-0.2, -0.15) is 5.26 Å². The van der Waals surface area contributed by atoms with Crippen molar-refractivity contribution < 1.29 is 4.79 Å². The smallest absolute Gasteiger partial charge is 0.226 e. The number of nitrogens with one attached hydrogen (secondary N) is 1. The first-order valence-corrected chi connectivity index (χ1v) is 10.8. The lowest BCUT2D eigenvalue weighted by molar-refractivity contribution is -0.115. The fourth-order valence-corrected chi connectivity index (χ4v) is 4.26. The van der Waals surface area contributed by atoms with Crippen molar-refractivity contribution in [3.8, 4) is 17.3 Å². The molecule has 3 rings (SSSR count). The van der Waals surface area contributed by atoms with Crippen molar-refractivity contribution >= 4 is 57.3 Å². The molecule has 2 heterocycles. The summed E-state index contributed by atoms with van der Waals surface area (Å²) in [5.41, 5.74) is 2.90. The van der Waals surface area contributed by atoms with Crippen molar-refractivity contribution in [2.24, 2.45) is 0 Å².